The average molecular weight is 304 g/mol. The Hall–Kier alpha value is -2.50. The first-order chi connectivity index (χ1) is 10.3. The summed E-state index contributed by atoms with van der Waals surface area (Å²) in [5.74, 6) is -0.577. The number of carbonyl (C=O) groups is 2. The number of benzene rings is 1. The Morgan fingerprint density at radius 1 is 1.23 bits per heavy atom. The molecule has 22 heavy (non-hydrogen) atoms. The van der Waals surface area contributed by atoms with Gasteiger partial charge in [0.1, 0.15) is 5.82 Å². The van der Waals surface area contributed by atoms with E-state index < -0.39 is 11.3 Å². The molecule has 5 nitrogen and oxygen atoms in total. The molecule has 0 unspecified atom stereocenters. The Bertz CT molecular complexity index is 684. The first kappa shape index (κ1) is 15.9. The number of Topliss-reactive ketones (excluding diaryl/α,β-unsaturated/α-hetero) is 1. The highest BCUT2D eigenvalue weighted by molar-refractivity contribution is 5.96. The average Bonchev–Trinajstić information content (AvgIpc) is 2.94. The Labute approximate surface area is 127 Å². The molecule has 0 atom stereocenters. The number of hydrogen-bond acceptors (Lipinski definition) is 4. The first-order valence-electron chi connectivity index (χ1n) is 6.81. The molecular weight excluding hydrogens is 287 g/mol. The van der Waals surface area contributed by atoms with E-state index in [9.17, 15) is 14.0 Å². The van der Waals surface area contributed by atoms with Gasteiger partial charge in [-0.3, -0.25) is 9.59 Å². The van der Waals surface area contributed by atoms with Crippen molar-refractivity contribution in [2.75, 3.05) is 6.54 Å². The second-order valence-electron chi connectivity index (χ2n) is 5.94. The fourth-order valence-electron chi connectivity index (χ4n) is 1.65. The predicted molar refractivity (Wildman–Crippen MR) is 78.7 cm³/mol. The van der Waals surface area contributed by atoms with E-state index in [1.54, 1.807) is 20.8 Å². The number of hydrogen-bond donors (Lipinski definition) is 1. The molecule has 0 bridgehead atoms. The highest BCUT2D eigenvalue weighted by atomic mass is 19.1. The molecule has 2 aromatic rings. The Morgan fingerprint density at radius 3 is 2.45 bits per heavy atom. The first-order valence-corrected chi connectivity index (χ1v) is 6.81. The summed E-state index contributed by atoms with van der Waals surface area (Å²) < 4.78 is 17.9. The zero-order valence-electron chi connectivity index (χ0n) is 12.6. The van der Waals surface area contributed by atoms with Gasteiger partial charge in [0.25, 0.3) is 5.91 Å². The van der Waals surface area contributed by atoms with Crippen LogP contribution in [0.3, 0.4) is 0 Å². The van der Waals surface area contributed by atoms with Crippen LogP contribution in [0.4, 0.5) is 4.39 Å². The van der Waals surface area contributed by atoms with E-state index in [0.717, 1.165) is 0 Å². The zero-order valence-corrected chi connectivity index (χ0v) is 12.6. The van der Waals surface area contributed by atoms with Crippen molar-refractivity contribution in [3.05, 3.63) is 41.8 Å². The number of halogens is 1. The predicted octanol–water partition coefficient (Wildman–Crippen LogP) is 2.83. The lowest BCUT2D eigenvalue weighted by Crippen LogP contribution is -2.35. The number of carbonyl (C=O) groups excluding carboxylic acids is 2. The van der Waals surface area contributed by atoms with E-state index >= 15 is 0 Å². The van der Waals surface area contributed by atoms with Gasteiger partial charge in [0.05, 0.1) is 6.54 Å². The van der Waals surface area contributed by atoms with Crippen molar-refractivity contribution in [2.45, 2.75) is 20.8 Å². The number of rotatable bonds is 4. The maximum atomic E-state index is 12.9. The minimum Gasteiger partial charge on any atom is -0.355 e. The maximum absolute atomic E-state index is 12.9. The highest BCUT2D eigenvalue weighted by Crippen LogP contribution is 2.20. The van der Waals surface area contributed by atoms with E-state index in [4.69, 9.17) is 4.52 Å². The summed E-state index contributed by atoms with van der Waals surface area (Å²) in [6.07, 6.45) is 0. The fourth-order valence-corrected chi connectivity index (χ4v) is 1.65. The fraction of sp³-hybridized carbons (Fsp3) is 0.312. The van der Waals surface area contributed by atoms with Crippen LogP contribution in [0.5, 0.6) is 0 Å². The highest BCUT2D eigenvalue weighted by Gasteiger charge is 2.22. The van der Waals surface area contributed by atoms with Crippen LogP contribution in [-0.4, -0.2) is 23.4 Å². The quantitative estimate of drug-likeness (QED) is 0.942. The zero-order chi connectivity index (χ0) is 16.3. The van der Waals surface area contributed by atoms with Gasteiger partial charge in [-0.25, -0.2) is 4.39 Å². The van der Waals surface area contributed by atoms with Crippen molar-refractivity contribution in [1.29, 1.82) is 0 Å². The molecule has 2 rings (SSSR count). The van der Waals surface area contributed by atoms with Crippen LogP contribution in [0.2, 0.25) is 0 Å². The number of ketones is 1. The minimum absolute atomic E-state index is 0.0684. The summed E-state index contributed by atoms with van der Waals surface area (Å²) in [5.41, 5.74) is 0.163. The smallest absolute Gasteiger partial charge is 0.273 e. The van der Waals surface area contributed by atoms with E-state index in [0.29, 0.717) is 11.3 Å². The normalized spacial score (nSPS) is 11.3. The molecule has 1 N–H and O–H groups in total. The molecule has 0 radical (unpaired) electrons. The summed E-state index contributed by atoms with van der Waals surface area (Å²) in [6.45, 7) is 5.28. The molecule has 116 valence electrons. The van der Waals surface area contributed by atoms with Gasteiger partial charge in [0.2, 0.25) is 0 Å². The van der Waals surface area contributed by atoms with E-state index in [1.807, 2.05) is 0 Å². The van der Waals surface area contributed by atoms with Gasteiger partial charge >= 0.3 is 0 Å². The van der Waals surface area contributed by atoms with Gasteiger partial charge in [-0.05, 0) is 24.3 Å². The molecule has 0 spiro atoms. The van der Waals surface area contributed by atoms with Crippen molar-refractivity contribution in [3.8, 4) is 11.3 Å². The third-order valence-corrected chi connectivity index (χ3v) is 3.12. The summed E-state index contributed by atoms with van der Waals surface area (Å²) in [6, 6.07) is 7.09. The molecule has 0 saturated heterocycles. The largest absolute Gasteiger partial charge is 0.355 e. The molecule has 1 aromatic carbocycles. The molecule has 1 amide bonds. The Kier molecular flexibility index (Phi) is 4.40. The lowest BCUT2D eigenvalue weighted by Gasteiger charge is -2.16. The lowest BCUT2D eigenvalue weighted by molar-refractivity contribution is -0.125. The molecule has 0 aliphatic rings. The Balaban J connectivity index is 2.03. The lowest BCUT2D eigenvalue weighted by atomic mass is 9.91. The Morgan fingerprint density at radius 2 is 1.86 bits per heavy atom. The number of nitrogens with zero attached hydrogens (tertiary/aromatic N) is 1. The maximum Gasteiger partial charge on any atom is 0.273 e. The third-order valence-electron chi connectivity index (χ3n) is 3.12. The van der Waals surface area contributed by atoms with E-state index in [2.05, 4.69) is 10.5 Å². The SMILES string of the molecule is CC(C)(C)C(=O)CNC(=O)c1cc(-c2ccc(F)cc2)on1. The van der Waals surface area contributed by atoms with Gasteiger partial charge in [-0.1, -0.05) is 25.9 Å². The standard InChI is InChI=1S/C16H17FN2O3/c1-16(2,3)14(20)9-18-15(21)12-8-13(22-19-12)10-4-6-11(17)7-5-10/h4-8H,9H2,1-3H3,(H,18,21). The number of nitrogens with one attached hydrogen (secondary N) is 1. The van der Waals surface area contributed by atoms with Gasteiger partial charge in [0.15, 0.2) is 17.2 Å². The number of amides is 1. The van der Waals surface area contributed by atoms with Gasteiger partial charge in [-0.15, -0.1) is 0 Å². The summed E-state index contributed by atoms with van der Waals surface area (Å²) in [7, 11) is 0. The molecule has 0 fully saturated rings. The monoisotopic (exact) mass is 304 g/mol. The molecule has 0 saturated carbocycles. The number of aromatic nitrogens is 1. The van der Waals surface area contributed by atoms with Gasteiger partial charge < -0.3 is 9.84 Å². The summed E-state index contributed by atoms with van der Waals surface area (Å²) in [5, 5.41) is 6.17. The van der Waals surface area contributed by atoms with E-state index in [1.165, 1.54) is 30.3 Å². The second-order valence-corrected chi connectivity index (χ2v) is 5.94. The van der Waals surface area contributed by atoms with Crippen molar-refractivity contribution in [2.24, 2.45) is 5.41 Å². The van der Waals surface area contributed by atoms with Crippen LogP contribution in [0.15, 0.2) is 34.9 Å². The van der Waals surface area contributed by atoms with Crippen LogP contribution in [-0.2, 0) is 4.79 Å². The second kappa shape index (κ2) is 6.09. The molecule has 1 aromatic heterocycles. The van der Waals surface area contributed by atoms with Crippen molar-refractivity contribution >= 4 is 11.7 Å². The summed E-state index contributed by atoms with van der Waals surface area (Å²) >= 11 is 0. The molecule has 0 aliphatic heterocycles. The third kappa shape index (κ3) is 3.78. The van der Waals surface area contributed by atoms with Gasteiger partial charge in [0, 0.05) is 17.0 Å². The molecule has 6 heteroatoms. The van der Waals surface area contributed by atoms with Crippen molar-refractivity contribution in [1.82, 2.24) is 10.5 Å². The van der Waals surface area contributed by atoms with E-state index in [-0.39, 0.29) is 23.8 Å². The van der Waals surface area contributed by atoms with Crippen LogP contribution >= 0.6 is 0 Å². The van der Waals surface area contributed by atoms with Crippen LogP contribution in [0, 0.1) is 11.2 Å². The van der Waals surface area contributed by atoms with Crippen molar-refractivity contribution in [3.63, 3.8) is 0 Å². The molecular formula is C16H17FN2O3. The topological polar surface area (TPSA) is 72.2 Å². The van der Waals surface area contributed by atoms with Crippen LogP contribution in [0.25, 0.3) is 11.3 Å². The van der Waals surface area contributed by atoms with Gasteiger partial charge in [-0.2, -0.15) is 0 Å². The molecule has 0 aliphatic carbocycles. The summed E-state index contributed by atoms with van der Waals surface area (Å²) in [4.78, 5) is 23.7. The van der Waals surface area contributed by atoms with Crippen LogP contribution < -0.4 is 5.32 Å². The minimum atomic E-state index is -0.517. The molecule has 1 heterocycles. The van der Waals surface area contributed by atoms with Crippen molar-refractivity contribution < 1.29 is 18.5 Å². The van der Waals surface area contributed by atoms with Crippen LogP contribution in [0.1, 0.15) is 31.3 Å².